The van der Waals surface area contributed by atoms with Crippen LogP contribution >= 0.6 is 0 Å². The molecule has 0 unspecified atom stereocenters. The van der Waals surface area contributed by atoms with E-state index in [4.69, 9.17) is 15.8 Å². The topological polar surface area (TPSA) is 96.8 Å². The van der Waals surface area contributed by atoms with Crippen molar-refractivity contribution in [3.8, 4) is 17.7 Å². The van der Waals surface area contributed by atoms with Gasteiger partial charge in [-0.15, -0.1) is 0 Å². The van der Waals surface area contributed by atoms with Crippen LogP contribution < -0.4 is 16.0 Å². The van der Waals surface area contributed by atoms with E-state index in [1.54, 1.807) is 24.3 Å². The van der Waals surface area contributed by atoms with E-state index in [2.05, 4.69) is 21.5 Å². The maximum absolute atomic E-state index is 8.93. The molecule has 1 aromatic carbocycles. The van der Waals surface area contributed by atoms with Crippen LogP contribution in [0, 0.1) is 18.3 Å². The summed E-state index contributed by atoms with van der Waals surface area (Å²) in [6.45, 7) is 1.84. The number of hydrogen-bond donors (Lipinski definition) is 2. The Hall–Kier alpha value is -2.65. The molecule has 6 nitrogen and oxygen atoms in total. The highest BCUT2D eigenvalue weighted by Crippen LogP contribution is 2.40. The van der Waals surface area contributed by atoms with Crippen LogP contribution in [0.3, 0.4) is 0 Å². The Bertz CT molecular complexity index is 718. The second-order valence-electron chi connectivity index (χ2n) is 5.02. The van der Waals surface area contributed by atoms with Crippen LogP contribution in [0.25, 0.3) is 0 Å². The summed E-state index contributed by atoms with van der Waals surface area (Å²) in [4.78, 5) is 8.89. The Balaban J connectivity index is 1.97. The molecule has 21 heavy (non-hydrogen) atoms. The van der Waals surface area contributed by atoms with Crippen LogP contribution in [0.1, 0.15) is 35.7 Å². The molecule has 0 atom stereocenters. The van der Waals surface area contributed by atoms with E-state index in [1.165, 1.54) is 0 Å². The number of rotatable bonds is 4. The lowest BCUT2D eigenvalue weighted by molar-refractivity contribution is 0.454. The normalized spacial score (nSPS) is 13.6. The van der Waals surface area contributed by atoms with Gasteiger partial charge in [-0.2, -0.15) is 10.2 Å². The lowest BCUT2D eigenvalue weighted by Gasteiger charge is -2.12. The van der Waals surface area contributed by atoms with E-state index >= 15 is 0 Å². The monoisotopic (exact) mass is 281 g/mol. The number of anilines is 1. The van der Waals surface area contributed by atoms with Gasteiger partial charge in [-0.1, -0.05) is 6.07 Å². The zero-order valence-electron chi connectivity index (χ0n) is 11.6. The SMILES string of the molecule is Cc1c(NN)nc(C2CC2)nc1Oc1cccc(C#N)c1. The van der Waals surface area contributed by atoms with Crippen molar-refractivity contribution in [2.45, 2.75) is 25.7 Å². The number of nitriles is 1. The summed E-state index contributed by atoms with van der Waals surface area (Å²) < 4.78 is 5.81. The van der Waals surface area contributed by atoms with Gasteiger partial charge in [-0.25, -0.2) is 10.8 Å². The van der Waals surface area contributed by atoms with Crippen molar-refractivity contribution in [1.82, 2.24) is 9.97 Å². The zero-order chi connectivity index (χ0) is 14.8. The molecule has 0 saturated heterocycles. The van der Waals surface area contributed by atoms with Gasteiger partial charge in [0.25, 0.3) is 0 Å². The Morgan fingerprint density at radius 1 is 1.38 bits per heavy atom. The fourth-order valence-corrected chi connectivity index (χ4v) is 2.02. The largest absolute Gasteiger partial charge is 0.439 e. The summed E-state index contributed by atoms with van der Waals surface area (Å²) in [5, 5.41) is 8.93. The molecule has 1 aromatic heterocycles. The first-order chi connectivity index (χ1) is 10.2. The van der Waals surface area contributed by atoms with Crippen molar-refractivity contribution in [2.75, 3.05) is 5.43 Å². The third-order valence-electron chi connectivity index (χ3n) is 3.38. The van der Waals surface area contributed by atoms with Crippen molar-refractivity contribution in [2.24, 2.45) is 5.84 Å². The molecule has 1 aliphatic carbocycles. The number of nitrogen functional groups attached to an aromatic ring is 1. The van der Waals surface area contributed by atoms with Gasteiger partial charge in [0, 0.05) is 5.92 Å². The van der Waals surface area contributed by atoms with Gasteiger partial charge in [0.1, 0.15) is 11.6 Å². The van der Waals surface area contributed by atoms with Crippen LogP contribution in [0.2, 0.25) is 0 Å². The first-order valence-electron chi connectivity index (χ1n) is 6.74. The highest BCUT2D eigenvalue weighted by atomic mass is 16.5. The zero-order valence-corrected chi connectivity index (χ0v) is 11.6. The number of ether oxygens (including phenoxy) is 1. The van der Waals surface area contributed by atoms with E-state index in [0.717, 1.165) is 24.2 Å². The number of nitrogens with zero attached hydrogens (tertiary/aromatic N) is 3. The molecule has 6 heteroatoms. The number of hydrogen-bond acceptors (Lipinski definition) is 6. The third-order valence-corrected chi connectivity index (χ3v) is 3.38. The number of aromatic nitrogens is 2. The van der Waals surface area contributed by atoms with Gasteiger partial charge in [0.05, 0.1) is 17.2 Å². The van der Waals surface area contributed by atoms with Gasteiger partial charge in [-0.3, -0.25) is 0 Å². The Kier molecular flexibility index (Phi) is 3.42. The Morgan fingerprint density at radius 3 is 2.86 bits per heavy atom. The number of nitrogens with one attached hydrogen (secondary N) is 1. The first kappa shape index (κ1) is 13.3. The van der Waals surface area contributed by atoms with Gasteiger partial charge in [-0.05, 0) is 38.0 Å². The van der Waals surface area contributed by atoms with Gasteiger partial charge in [0.2, 0.25) is 5.88 Å². The van der Waals surface area contributed by atoms with E-state index < -0.39 is 0 Å². The quantitative estimate of drug-likeness (QED) is 0.660. The van der Waals surface area contributed by atoms with Crippen LogP contribution in [-0.2, 0) is 0 Å². The maximum Gasteiger partial charge on any atom is 0.227 e. The van der Waals surface area contributed by atoms with Crippen molar-refractivity contribution < 1.29 is 4.74 Å². The maximum atomic E-state index is 8.93. The summed E-state index contributed by atoms with van der Waals surface area (Å²) in [7, 11) is 0. The summed E-state index contributed by atoms with van der Waals surface area (Å²) in [5.74, 6) is 8.26. The molecule has 1 aliphatic rings. The minimum atomic E-state index is 0.394. The van der Waals surface area contributed by atoms with Crippen molar-refractivity contribution in [1.29, 1.82) is 5.26 Å². The van der Waals surface area contributed by atoms with Gasteiger partial charge in [0.15, 0.2) is 5.82 Å². The van der Waals surface area contributed by atoms with Crippen LogP contribution in [-0.4, -0.2) is 9.97 Å². The van der Waals surface area contributed by atoms with Crippen LogP contribution in [0.15, 0.2) is 24.3 Å². The first-order valence-corrected chi connectivity index (χ1v) is 6.74. The predicted molar refractivity (Wildman–Crippen MR) is 77.8 cm³/mol. The van der Waals surface area contributed by atoms with Crippen LogP contribution in [0.4, 0.5) is 5.82 Å². The summed E-state index contributed by atoms with van der Waals surface area (Å²) in [5.41, 5.74) is 3.86. The fraction of sp³-hybridized carbons (Fsp3) is 0.267. The van der Waals surface area contributed by atoms with E-state index in [0.29, 0.717) is 28.9 Å². The van der Waals surface area contributed by atoms with Gasteiger partial charge >= 0.3 is 0 Å². The van der Waals surface area contributed by atoms with Crippen LogP contribution in [0.5, 0.6) is 11.6 Å². The molecule has 0 bridgehead atoms. The number of hydrazine groups is 1. The van der Waals surface area contributed by atoms with E-state index in [-0.39, 0.29) is 0 Å². The minimum Gasteiger partial charge on any atom is -0.439 e. The fourth-order valence-electron chi connectivity index (χ4n) is 2.02. The molecule has 1 saturated carbocycles. The molecule has 1 fully saturated rings. The highest BCUT2D eigenvalue weighted by Gasteiger charge is 2.28. The lowest BCUT2D eigenvalue weighted by atomic mass is 10.2. The smallest absolute Gasteiger partial charge is 0.227 e. The number of nitrogens with two attached hydrogens (primary N) is 1. The van der Waals surface area contributed by atoms with E-state index in [9.17, 15) is 0 Å². The highest BCUT2D eigenvalue weighted by molar-refractivity contribution is 5.49. The lowest BCUT2D eigenvalue weighted by Crippen LogP contribution is -2.13. The Morgan fingerprint density at radius 2 is 2.19 bits per heavy atom. The molecule has 0 aliphatic heterocycles. The molecule has 3 rings (SSSR count). The molecular weight excluding hydrogens is 266 g/mol. The molecular formula is C15H15N5O. The summed E-state index contributed by atoms with van der Waals surface area (Å²) in [6.07, 6.45) is 2.19. The second-order valence-corrected chi connectivity index (χ2v) is 5.02. The van der Waals surface area contributed by atoms with Crippen molar-refractivity contribution in [3.05, 3.63) is 41.2 Å². The molecule has 0 spiro atoms. The molecule has 106 valence electrons. The average Bonchev–Trinajstić information content (AvgIpc) is 3.34. The summed E-state index contributed by atoms with van der Waals surface area (Å²) >= 11 is 0. The Labute approximate surface area is 122 Å². The molecule has 0 amide bonds. The number of benzene rings is 1. The van der Waals surface area contributed by atoms with Crippen molar-refractivity contribution in [3.63, 3.8) is 0 Å². The molecule has 0 radical (unpaired) electrons. The standard InChI is InChI=1S/C15H15N5O/c1-9-13(20-17)18-14(11-5-6-11)19-15(9)21-12-4-2-3-10(7-12)8-16/h2-4,7,11H,5-6,17H2,1H3,(H,18,19,20). The minimum absolute atomic E-state index is 0.394. The van der Waals surface area contributed by atoms with E-state index in [1.807, 2.05) is 6.92 Å². The third kappa shape index (κ3) is 2.78. The molecule has 2 aromatic rings. The second kappa shape index (κ2) is 5.38. The molecule has 1 heterocycles. The van der Waals surface area contributed by atoms with Crippen molar-refractivity contribution >= 4 is 5.82 Å². The average molecular weight is 281 g/mol. The molecule has 3 N–H and O–H groups in total. The van der Waals surface area contributed by atoms with Gasteiger partial charge < -0.3 is 10.2 Å². The predicted octanol–water partition coefficient (Wildman–Crippen LogP) is 2.61. The summed E-state index contributed by atoms with van der Waals surface area (Å²) in [6, 6.07) is 9.04.